The molecule has 1 aliphatic heterocycles. The lowest BCUT2D eigenvalue weighted by Crippen LogP contribution is -2.25. The summed E-state index contributed by atoms with van der Waals surface area (Å²) in [5.74, 6) is 0.832. The molecule has 0 amide bonds. The highest BCUT2D eigenvalue weighted by atomic mass is 16.5. The number of likely N-dealkylation sites (tertiary alicyclic amines) is 1. The van der Waals surface area contributed by atoms with Crippen LogP contribution in [-0.4, -0.2) is 42.0 Å². The lowest BCUT2D eigenvalue weighted by atomic mass is 9.85. The Bertz CT molecular complexity index is 848. The fourth-order valence-electron chi connectivity index (χ4n) is 3.92. The maximum Gasteiger partial charge on any atom is 0.167 e. The summed E-state index contributed by atoms with van der Waals surface area (Å²) < 4.78 is 5.82. The summed E-state index contributed by atoms with van der Waals surface area (Å²) in [5.41, 5.74) is 3.03. The Balaban J connectivity index is 1.49. The van der Waals surface area contributed by atoms with E-state index in [2.05, 4.69) is 4.90 Å². The molecule has 1 N–H and O–H groups in total. The maximum absolute atomic E-state index is 12.5. The molecule has 2 aliphatic rings. The van der Waals surface area contributed by atoms with Crippen molar-refractivity contribution in [2.75, 3.05) is 26.2 Å². The number of hydrogen-bond donors (Lipinski definition) is 1. The van der Waals surface area contributed by atoms with Crippen LogP contribution in [0.5, 0.6) is 5.75 Å². The van der Waals surface area contributed by atoms with Gasteiger partial charge in [-0.25, -0.2) is 0 Å². The summed E-state index contributed by atoms with van der Waals surface area (Å²) >= 11 is 0. The van der Waals surface area contributed by atoms with E-state index in [0.29, 0.717) is 24.2 Å². The predicted molar refractivity (Wildman–Crippen MR) is 107 cm³/mol. The number of fused-ring (bicyclic) bond motifs is 1. The van der Waals surface area contributed by atoms with E-state index in [1.807, 2.05) is 48.5 Å². The Labute approximate surface area is 160 Å². The summed E-state index contributed by atoms with van der Waals surface area (Å²) in [6.45, 7) is 3.94. The lowest BCUT2D eigenvalue weighted by Gasteiger charge is -2.19. The van der Waals surface area contributed by atoms with Crippen LogP contribution in [0.2, 0.25) is 0 Å². The van der Waals surface area contributed by atoms with Gasteiger partial charge >= 0.3 is 0 Å². The number of rotatable bonds is 5. The molecule has 2 aromatic rings. The topological polar surface area (TPSA) is 49.8 Å². The highest BCUT2D eigenvalue weighted by Gasteiger charge is 2.25. The van der Waals surface area contributed by atoms with Gasteiger partial charge in [-0.1, -0.05) is 24.3 Å². The molecule has 0 aromatic heterocycles. The molecule has 4 rings (SSSR count). The van der Waals surface area contributed by atoms with Crippen molar-refractivity contribution in [1.29, 1.82) is 0 Å². The highest BCUT2D eigenvalue weighted by molar-refractivity contribution is 6.28. The number of carbonyl (C=O) groups excluding carboxylic acids is 1. The molecule has 0 spiro atoms. The standard InChI is InChI=1S/C23H25NO3/c25-21-12-9-17-5-1-2-6-20(17)22(21)23(26)18-7-10-19(11-8-18)27-16-15-24-13-3-4-14-24/h1-2,5-8,10-11,26H,3-4,9,12-16H2. The number of hydrogen-bond acceptors (Lipinski definition) is 4. The van der Waals surface area contributed by atoms with Crippen LogP contribution in [0.3, 0.4) is 0 Å². The van der Waals surface area contributed by atoms with Crippen molar-refractivity contribution in [2.45, 2.75) is 25.7 Å². The number of Topliss-reactive ketones (excluding diaryl/α,β-unsaturated/α-hetero) is 1. The van der Waals surface area contributed by atoms with Crippen molar-refractivity contribution >= 4 is 17.1 Å². The molecule has 0 radical (unpaired) electrons. The van der Waals surface area contributed by atoms with E-state index >= 15 is 0 Å². The number of allylic oxidation sites excluding steroid dienone is 1. The van der Waals surface area contributed by atoms with Crippen molar-refractivity contribution in [2.24, 2.45) is 0 Å². The molecule has 0 saturated carbocycles. The first kappa shape index (κ1) is 17.8. The fourth-order valence-corrected chi connectivity index (χ4v) is 3.92. The summed E-state index contributed by atoms with van der Waals surface area (Å²) in [5, 5.41) is 10.8. The Morgan fingerprint density at radius 3 is 2.52 bits per heavy atom. The maximum atomic E-state index is 12.5. The molecule has 0 atom stereocenters. The van der Waals surface area contributed by atoms with Gasteiger partial charge in [0.05, 0.1) is 5.57 Å². The van der Waals surface area contributed by atoms with E-state index in [9.17, 15) is 9.90 Å². The van der Waals surface area contributed by atoms with Gasteiger partial charge in [0.25, 0.3) is 0 Å². The molecule has 0 bridgehead atoms. The van der Waals surface area contributed by atoms with Crippen LogP contribution in [0.25, 0.3) is 11.3 Å². The van der Waals surface area contributed by atoms with Crippen LogP contribution >= 0.6 is 0 Å². The number of aryl methyl sites for hydroxylation is 1. The van der Waals surface area contributed by atoms with Crippen LogP contribution < -0.4 is 4.74 Å². The van der Waals surface area contributed by atoms with E-state index in [1.54, 1.807) is 0 Å². The minimum absolute atomic E-state index is 0.00265. The number of carbonyl (C=O) groups is 1. The Hall–Kier alpha value is -2.59. The summed E-state index contributed by atoms with van der Waals surface area (Å²) in [6.07, 6.45) is 3.73. The first-order chi connectivity index (χ1) is 13.2. The Morgan fingerprint density at radius 1 is 1.00 bits per heavy atom. The van der Waals surface area contributed by atoms with Crippen molar-refractivity contribution < 1.29 is 14.6 Å². The lowest BCUT2D eigenvalue weighted by molar-refractivity contribution is -0.113. The number of nitrogens with zero attached hydrogens (tertiary/aromatic N) is 1. The van der Waals surface area contributed by atoms with Crippen molar-refractivity contribution in [1.82, 2.24) is 4.90 Å². The zero-order valence-corrected chi connectivity index (χ0v) is 15.5. The van der Waals surface area contributed by atoms with Crippen LogP contribution in [0.15, 0.2) is 48.5 Å². The van der Waals surface area contributed by atoms with Crippen LogP contribution in [-0.2, 0) is 11.2 Å². The van der Waals surface area contributed by atoms with Gasteiger partial charge in [0.15, 0.2) is 5.78 Å². The first-order valence-corrected chi connectivity index (χ1v) is 9.73. The van der Waals surface area contributed by atoms with E-state index in [0.717, 1.165) is 29.8 Å². The monoisotopic (exact) mass is 363 g/mol. The smallest absolute Gasteiger partial charge is 0.167 e. The van der Waals surface area contributed by atoms with E-state index in [1.165, 1.54) is 25.9 Å². The number of ketones is 1. The molecule has 27 heavy (non-hydrogen) atoms. The number of benzene rings is 2. The number of ether oxygens (including phenoxy) is 1. The van der Waals surface area contributed by atoms with Gasteiger partial charge in [-0.3, -0.25) is 9.69 Å². The van der Waals surface area contributed by atoms with Gasteiger partial charge in [-0.2, -0.15) is 0 Å². The molecular weight excluding hydrogens is 338 g/mol. The summed E-state index contributed by atoms with van der Waals surface area (Å²) in [4.78, 5) is 14.9. The molecule has 1 aliphatic carbocycles. The minimum Gasteiger partial charge on any atom is -0.507 e. The number of aliphatic hydroxyl groups excluding tert-OH is 1. The van der Waals surface area contributed by atoms with Crippen molar-refractivity contribution in [3.05, 3.63) is 65.2 Å². The Kier molecular flexibility index (Phi) is 5.26. The quantitative estimate of drug-likeness (QED) is 0.642. The number of aliphatic hydroxyl groups is 1. The van der Waals surface area contributed by atoms with Crippen LogP contribution in [0, 0.1) is 0 Å². The third kappa shape index (κ3) is 3.91. The van der Waals surface area contributed by atoms with Gasteiger partial charge in [-0.05, 0) is 67.7 Å². The second-order valence-electron chi connectivity index (χ2n) is 7.23. The molecule has 1 saturated heterocycles. The third-order valence-electron chi connectivity index (χ3n) is 5.43. The molecule has 1 heterocycles. The van der Waals surface area contributed by atoms with Crippen LogP contribution in [0.1, 0.15) is 36.0 Å². The second kappa shape index (κ2) is 7.97. The zero-order chi connectivity index (χ0) is 18.6. The first-order valence-electron chi connectivity index (χ1n) is 9.73. The SMILES string of the molecule is O=C1CCc2ccccc2C1=C(O)c1ccc(OCCN2CCCC2)cc1. The predicted octanol–water partition coefficient (Wildman–Crippen LogP) is 4.10. The molecule has 4 heteroatoms. The average Bonchev–Trinajstić information content (AvgIpc) is 3.21. The summed E-state index contributed by atoms with van der Waals surface area (Å²) in [7, 11) is 0. The second-order valence-corrected chi connectivity index (χ2v) is 7.23. The van der Waals surface area contributed by atoms with Crippen molar-refractivity contribution in [3.63, 3.8) is 0 Å². The molecule has 0 unspecified atom stereocenters. The van der Waals surface area contributed by atoms with E-state index < -0.39 is 0 Å². The van der Waals surface area contributed by atoms with Gasteiger partial charge in [0.1, 0.15) is 18.1 Å². The third-order valence-corrected chi connectivity index (χ3v) is 5.43. The molecular formula is C23H25NO3. The van der Waals surface area contributed by atoms with Gasteiger partial charge in [0, 0.05) is 18.5 Å². The average molecular weight is 363 g/mol. The van der Waals surface area contributed by atoms with Gasteiger partial charge in [0.2, 0.25) is 0 Å². The minimum atomic E-state index is -0.00265. The van der Waals surface area contributed by atoms with Crippen LogP contribution in [0.4, 0.5) is 0 Å². The highest BCUT2D eigenvalue weighted by Crippen LogP contribution is 2.33. The molecule has 4 nitrogen and oxygen atoms in total. The summed E-state index contributed by atoms with van der Waals surface area (Å²) in [6, 6.07) is 15.2. The largest absolute Gasteiger partial charge is 0.507 e. The molecule has 2 aromatic carbocycles. The van der Waals surface area contributed by atoms with E-state index in [-0.39, 0.29) is 11.5 Å². The normalized spacial score (nSPS) is 19.0. The van der Waals surface area contributed by atoms with E-state index in [4.69, 9.17) is 4.74 Å². The molecule has 1 fully saturated rings. The zero-order valence-electron chi connectivity index (χ0n) is 15.5. The fraction of sp³-hybridized carbons (Fsp3) is 0.348. The Morgan fingerprint density at radius 2 is 1.74 bits per heavy atom. The van der Waals surface area contributed by atoms with Crippen molar-refractivity contribution in [3.8, 4) is 5.75 Å². The van der Waals surface area contributed by atoms with Gasteiger partial charge in [-0.15, -0.1) is 0 Å². The van der Waals surface area contributed by atoms with Gasteiger partial charge < -0.3 is 9.84 Å². The molecule has 140 valence electrons.